The van der Waals surface area contributed by atoms with E-state index >= 15 is 0 Å². The fourth-order valence-electron chi connectivity index (χ4n) is 1.62. The van der Waals surface area contributed by atoms with Gasteiger partial charge in [-0.15, -0.1) is 0 Å². The molecule has 0 aliphatic heterocycles. The largest absolute Gasteiger partial charge is 0.378 e. The molecule has 0 radical (unpaired) electrons. The Morgan fingerprint density at radius 3 is 1.90 bits per heavy atom. The van der Waals surface area contributed by atoms with Crippen LogP contribution in [-0.4, -0.2) is 66.3 Å². The molecule has 5 nitrogen and oxygen atoms in total. The molecule has 0 rings (SSSR count). The Kier molecular flexibility index (Phi) is 16.7. The summed E-state index contributed by atoms with van der Waals surface area (Å²) in [6.07, 6.45) is 2.53. The summed E-state index contributed by atoms with van der Waals surface area (Å²) in [5.41, 5.74) is 0. The molecule has 2 N–H and O–H groups in total. The van der Waals surface area contributed by atoms with E-state index in [0.717, 1.165) is 38.8 Å². The first-order valence-electron chi connectivity index (χ1n) is 7.86. The van der Waals surface area contributed by atoms with E-state index in [2.05, 4.69) is 24.5 Å². The van der Waals surface area contributed by atoms with Gasteiger partial charge in [0.1, 0.15) is 0 Å². The van der Waals surface area contributed by atoms with E-state index in [1.54, 1.807) is 0 Å². The lowest BCUT2D eigenvalue weighted by atomic mass is 10.1. The van der Waals surface area contributed by atoms with Gasteiger partial charge in [0, 0.05) is 15.9 Å². The van der Waals surface area contributed by atoms with Crippen molar-refractivity contribution in [2.45, 2.75) is 26.7 Å². The zero-order chi connectivity index (χ0) is 14.9. The molecular formula is C15H38N2O3. The molecule has 5 heteroatoms. The Bertz CT molecular complexity index is 190. The van der Waals surface area contributed by atoms with Crippen molar-refractivity contribution in [3.63, 3.8) is 0 Å². The molecule has 0 saturated heterocycles. The van der Waals surface area contributed by atoms with Gasteiger partial charge in [-0.2, -0.15) is 0 Å². The van der Waals surface area contributed by atoms with E-state index in [4.69, 9.17) is 14.2 Å². The number of ether oxygens (including phenoxy) is 3. The highest BCUT2D eigenvalue weighted by molar-refractivity contribution is 4.50. The van der Waals surface area contributed by atoms with Crippen molar-refractivity contribution in [1.29, 1.82) is 0 Å². The van der Waals surface area contributed by atoms with Crippen LogP contribution in [0.5, 0.6) is 0 Å². The highest BCUT2D eigenvalue weighted by atomic mass is 16.5. The second-order valence-electron chi connectivity index (χ2n) is 5.23. The fourth-order valence-corrected chi connectivity index (χ4v) is 1.62. The Labute approximate surface area is 127 Å². The zero-order valence-electron chi connectivity index (χ0n) is 13.6. The molecule has 0 saturated carbocycles. The number of rotatable bonds is 16. The third-order valence-corrected chi connectivity index (χ3v) is 2.80. The van der Waals surface area contributed by atoms with E-state index < -0.39 is 0 Å². The normalized spacial score (nSPS) is 11.4. The van der Waals surface area contributed by atoms with Gasteiger partial charge in [-0.1, -0.05) is 13.8 Å². The molecule has 0 fully saturated rings. The van der Waals surface area contributed by atoms with E-state index in [1.807, 2.05) is 7.05 Å². The van der Waals surface area contributed by atoms with E-state index in [0.29, 0.717) is 26.4 Å². The summed E-state index contributed by atoms with van der Waals surface area (Å²) < 4.78 is 16.2. The maximum absolute atomic E-state index is 5.47. The average molecular weight is 294 g/mol. The maximum Gasteiger partial charge on any atom is 0.0701 e. The Hall–Kier alpha value is -0.200. The van der Waals surface area contributed by atoms with Gasteiger partial charge in [-0.05, 0) is 32.4 Å². The van der Waals surface area contributed by atoms with Gasteiger partial charge in [0.2, 0.25) is 0 Å². The fraction of sp³-hybridized carbons (Fsp3) is 1.00. The van der Waals surface area contributed by atoms with Crippen LogP contribution in [0.1, 0.15) is 29.5 Å². The summed E-state index contributed by atoms with van der Waals surface area (Å²) >= 11 is 0. The average Bonchev–Trinajstić information content (AvgIpc) is 2.43. The van der Waals surface area contributed by atoms with Crippen molar-refractivity contribution in [1.82, 2.24) is 10.6 Å². The maximum atomic E-state index is 5.47. The molecule has 0 aromatic carbocycles. The number of hydrogen-bond donors (Lipinski definition) is 2. The van der Waals surface area contributed by atoms with Crippen molar-refractivity contribution in [2.75, 3.05) is 66.3 Å². The lowest BCUT2D eigenvalue weighted by Gasteiger charge is -2.08. The number of likely N-dealkylation sites (N-methyl/N-ethyl adjacent to an activating group) is 1. The first-order valence-corrected chi connectivity index (χ1v) is 7.86. The molecule has 0 amide bonds. The van der Waals surface area contributed by atoms with Gasteiger partial charge in [0.15, 0.2) is 0 Å². The molecule has 0 heterocycles. The Morgan fingerprint density at radius 1 is 0.800 bits per heavy atom. The van der Waals surface area contributed by atoms with Crippen LogP contribution in [-0.2, 0) is 14.2 Å². The van der Waals surface area contributed by atoms with Crippen LogP contribution in [0.3, 0.4) is 0 Å². The monoisotopic (exact) mass is 294 g/mol. The van der Waals surface area contributed by atoms with Gasteiger partial charge >= 0.3 is 0 Å². The minimum atomic E-state index is 0. The van der Waals surface area contributed by atoms with Crippen LogP contribution in [0.4, 0.5) is 0 Å². The van der Waals surface area contributed by atoms with Crippen LogP contribution in [0.15, 0.2) is 0 Å². The molecule has 0 atom stereocenters. The first-order chi connectivity index (χ1) is 9.77. The third kappa shape index (κ3) is 17.8. The molecule has 0 aliphatic carbocycles. The minimum Gasteiger partial charge on any atom is -0.378 e. The second kappa shape index (κ2) is 16.9. The van der Waals surface area contributed by atoms with Crippen molar-refractivity contribution in [3.05, 3.63) is 0 Å². The molecule has 20 heavy (non-hydrogen) atoms. The zero-order valence-corrected chi connectivity index (χ0v) is 13.6. The molecule has 126 valence electrons. The second-order valence-corrected chi connectivity index (χ2v) is 5.23. The van der Waals surface area contributed by atoms with Crippen molar-refractivity contribution < 1.29 is 17.1 Å². The van der Waals surface area contributed by atoms with Crippen LogP contribution in [0.2, 0.25) is 0 Å². The van der Waals surface area contributed by atoms with Gasteiger partial charge in [0.25, 0.3) is 0 Å². The number of nitrogens with one attached hydrogen (secondary N) is 2. The summed E-state index contributed by atoms with van der Waals surface area (Å²) in [5, 5.41) is 6.40. The predicted molar refractivity (Wildman–Crippen MR) is 87.6 cm³/mol. The minimum absolute atomic E-state index is 0. The summed E-state index contributed by atoms with van der Waals surface area (Å²) in [6, 6.07) is 0. The smallest absolute Gasteiger partial charge is 0.0701 e. The Balaban J connectivity index is -0.00000180. The molecule has 0 aliphatic rings. The summed E-state index contributed by atoms with van der Waals surface area (Å²) in [6.45, 7) is 11.5. The highest BCUT2D eigenvalue weighted by Crippen LogP contribution is 2.01. The molecule has 0 aromatic heterocycles. The van der Waals surface area contributed by atoms with Crippen LogP contribution in [0.25, 0.3) is 0 Å². The van der Waals surface area contributed by atoms with Crippen molar-refractivity contribution in [3.8, 4) is 0 Å². The standard InChI is InChI=1S/C15H34N2O3.2H2/c1-15(2)5-4-6-17-8-10-19-12-14-20-13-11-18-9-7-16-3;;/h15-17H,4-14H2,1-3H3;2*1H. The topological polar surface area (TPSA) is 51.8 Å². The van der Waals surface area contributed by atoms with E-state index in [9.17, 15) is 0 Å². The SMILES string of the molecule is CNCCOCCOCCOCCNCCCC(C)C.[HH].[HH]. The molecule has 0 unspecified atom stereocenters. The molecular weight excluding hydrogens is 256 g/mol. The lowest BCUT2D eigenvalue weighted by molar-refractivity contribution is 0.0159. The van der Waals surface area contributed by atoms with Crippen LogP contribution < -0.4 is 10.6 Å². The van der Waals surface area contributed by atoms with Gasteiger partial charge in [-0.25, -0.2) is 0 Å². The van der Waals surface area contributed by atoms with Gasteiger partial charge in [-0.3, -0.25) is 0 Å². The molecule has 0 aromatic rings. The van der Waals surface area contributed by atoms with Crippen molar-refractivity contribution in [2.24, 2.45) is 5.92 Å². The third-order valence-electron chi connectivity index (χ3n) is 2.80. The molecule has 0 bridgehead atoms. The predicted octanol–water partition coefficient (Wildman–Crippen LogP) is 1.77. The van der Waals surface area contributed by atoms with Crippen LogP contribution in [0, 0.1) is 5.92 Å². The van der Waals surface area contributed by atoms with Gasteiger partial charge < -0.3 is 24.8 Å². The lowest BCUT2D eigenvalue weighted by Crippen LogP contribution is -2.22. The number of hydrogen-bond acceptors (Lipinski definition) is 5. The quantitative estimate of drug-likeness (QED) is 0.425. The highest BCUT2D eigenvalue weighted by Gasteiger charge is 1.94. The van der Waals surface area contributed by atoms with E-state index in [1.165, 1.54) is 12.8 Å². The summed E-state index contributed by atoms with van der Waals surface area (Å²) in [7, 11) is 1.91. The first kappa shape index (κ1) is 19.8. The van der Waals surface area contributed by atoms with E-state index in [-0.39, 0.29) is 2.85 Å². The van der Waals surface area contributed by atoms with Gasteiger partial charge in [0.05, 0.1) is 39.6 Å². The summed E-state index contributed by atoms with van der Waals surface area (Å²) in [4.78, 5) is 0. The summed E-state index contributed by atoms with van der Waals surface area (Å²) in [5.74, 6) is 0.799. The molecule has 0 spiro atoms. The van der Waals surface area contributed by atoms with Crippen molar-refractivity contribution >= 4 is 0 Å². The van der Waals surface area contributed by atoms with Crippen LogP contribution >= 0.6 is 0 Å². The Morgan fingerprint density at radius 2 is 1.35 bits per heavy atom.